The van der Waals surface area contributed by atoms with Crippen molar-refractivity contribution in [2.24, 2.45) is 0 Å². The van der Waals surface area contributed by atoms with Crippen molar-refractivity contribution in [2.75, 3.05) is 0 Å². The van der Waals surface area contributed by atoms with Crippen LogP contribution in [0.25, 0.3) is 0 Å². The molecular weight excluding hydrogens is 259 g/mol. The molecule has 0 atom stereocenters. The van der Waals surface area contributed by atoms with E-state index in [1.54, 1.807) is 6.07 Å². The van der Waals surface area contributed by atoms with Crippen molar-refractivity contribution >= 4 is 17.4 Å². The Kier molecular flexibility index (Phi) is 10.9. The van der Waals surface area contributed by atoms with Gasteiger partial charge in [-0.25, -0.2) is 0 Å². The molecule has 0 aliphatic rings. The second-order valence-electron chi connectivity index (χ2n) is 3.16. The van der Waals surface area contributed by atoms with Crippen LogP contribution in [0.3, 0.4) is 0 Å². The van der Waals surface area contributed by atoms with E-state index in [2.05, 4.69) is 0 Å². The van der Waals surface area contributed by atoms with Gasteiger partial charge >= 0.3 is 25.7 Å². The molecule has 6 heteroatoms. The summed E-state index contributed by atoms with van der Waals surface area (Å²) < 4.78 is 17.0. The molecule has 0 amide bonds. The summed E-state index contributed by atoms with van der Waals surface area (Å²) in [4.78, 5) is 10.9. The average Bonchev–Trinajstić information content (AvgIpc) is 2.31. The van der Waals surface area contributed by atoms with Crippen LogP contribution >= 0.6 is 0 Å². The molecule has 0 spiro atoms. The van der Waals surface area contributed by atoms with Crippen molar-refractivity contribution in [3.8, 4) is 5.75 Å². The fourth-order valence-corrected chi connectivity index (χ4v) is 0.968. The second-order valence-corrected chi connectivity index (χ2v) is 3.42. The molecule has 0 aliphatic carbocycles. The molecule has 4 nitrogen and oxygen atoms in total. The molecular formula is C10H15AlO4Ti. The van der Waals surface area contributed by atoms with E-state index in [4.69, 9.17) is 6.65 Å². The Morgan fingerprint density at radius 2 is 1.75 bits per heavy atom. The molecule has 0 saturated carbocycles. The van der Waals surface area contributed by atoms with Crippen LogP contribution in [0.5, 0.6) is 5.75 Å². The summed E-state index contributed by atoms with van der Waals surface area (Å²) in [5, 5.41) is 9.20. The molecule has 0 unspecified atom stereocenters. The van der Waals surface area contributed by atoms with Gasteiger partial charge in [-0.2, -0.15) is 0 Å². The number of rotatable bonds is 1. The van der Waals surface area contributed by atoms with Crippen LogP contribution in [-0.2, 0) is 25.7 Å². The van der Waals surface area contributed by atoms with E-state index in [0.717, 1.165) is 5.56 Å². The third-order valence-electron chi connectivity index (χ3n) is 1.76. The molecule has 16 heavy (non-hydrogen) atoms. The fourth-order valence-electron chi connectivity index (χ4n) is 0.968. The summed E-state index contributed by atoms with van der Waals surface area (Å²) in [5.41, 5.74) is 0.636. The molecule has 0 fully saturated rings. The zero-order chi connectivity index (χ0) is 11.8. The standard InChI is InChI=1S/C10H12O2.Al.2O.Ti.3H/c1-7(2)8-4-3-5-9(11)10(12)6-8;;;;;;;/h3-7H,1-2H3,(H,11,12);;;;;;;. The van der Waals surface area contributed by atoms with Crippen molar-refractivity contribution in [3.63, 3.8) is 0 Å². The minimum atomic E-state index is -2.00. The SMILES string of the molecule is CC(C)c1cccc(=O)c(O)c1.[AlH3].[O]=[Ti]=[O]. The maximum absolute atomic E-state index is 10.9. The molecule has 1 rings (SSSR count). The molecule has 1 aromatic carbocycles. The van der Waals surface area contributed by atoms with Gasteiger partial charge in [0, 0.05) is 0 Å². The monoisotopic (exact) mass is 274 g/mol. The number of hydrogen-bond donors (Lipinski definition) is 1. The van der Waals surface area contributed by atoms with Crippen molar-refractivity contribution in [3.05, 3.63) is 40.1 Å². The summed E-state index contributed by atoms with van der Waals surface area (Å²) in [6, 6.07) is 6.39. The molecule has 1 aromatic rings. The van der Waals surface area contributed by atoms with Gasteiger partial charge in [-0.1, -0.05) is 26.0 Å². The van der Waals surface area contributed by atoms with Gasteiger partial charge in [0.15, 0.2) is 23.1 Å². The van der Waals surface area contributed by atoms with Gasteiger partial charge < -0.3 is 5.11 Å². The molecule has 0 aliphatic heterocycles. The number of hydrogen-bond acceptors (Lipinski definition) is 4. The van der Waals surface area contributed by atoms with E-state index in [1.807, 2.05) is 19.9 Å². The molecule has 1 N–H and O–H groups in total. The van der Waals surface area contributed by atoms with Crippen LogP contribution in [0.1, 0.15) is 25.3 Å². The molecule has 0 heterocycles. The average molecular weight is 274 g/mol. The third-order valence-corrected chi connectivity index (χ3v) is 1.76. The molecule has 0 bridgehead atoms. The van der Waals surface area contributed by atoms with E-state index >= 15 is 0 Å². The summed E-state index contributed by atoms with van der Waals surface area (Å²) in [7, 11) is 0. The molecule has 0 aromatic heterocycles. The van der Waals surface area contributed by atoms with Crippen LogP contribution in [0.2, 0.25) is 0 Å². The van der Waals surface area contributed by atoms with Crippen molar-refractivity contribution in [1.82, 2.24) is 0 Å². The molecule has 0 radical (unpaired) electrons. The summed E-state index contributed by atoms with van der Waals surface area (Å²) >= 11 is -2.00. The van der Waals surface area contributed by atoms with E-state index in [9.17, 15) is 9.90 Å². The van der Waals surface area contributed by atoms with E-state index in [0.29, 0.717) is 5.92 Å². The van der Waals surface area contributed by atoms with E-state index in [-0.39, 0.29) is 28.5 Å². The predicted molar refractivity (Wildman–Crippen MR) is 59.8 cm³/mol. The topological polar surface area (TPSA) is 71.4 Å². The normalized spacial score (nSPS) is 8.19. The van der Waals surface area contributed by atoms with Crippen LogP contribution in [-0.4, -0.2) is 22.5 Å². The van der Waals surface area contributed by atoms with Crippen LogP contribution in [0, 0.1) is 0 Å². The van der Waals surface area contributed by atoms with Crippen molar-refractivity contribution in [2.45, 2.75) is 19.8 Å². The van der Waals surface area contributed by atoms with Crippen LogP contribution in [0.15, 0.2) is 29.1 Å². The van der Waals surface area contributed by atoms with Gasteiger partial charge in [0.1, 0.15) is 0 Å². The van der Waals surface area contributed by atoms with Gasteiger partial charge in [-0.15, -0.1) is 0 Å². The second kappa shape index (κ2) is 9.74. The van der Waals surface area contributed by atoms with Crippen molar-refractivity contribution < 1.29 is 30.8 Å². The van der Waals surface area contributed by atoms with Gasteiger partial charge in [0.05, 0.1) is 0 Å². The first-order valence-corrected chi connectivity index (χ1v) is 5.63. The Morgan fingerprint density at radius 3 is 2.19 bits per heavy atom. The first-order chi connectivity index (χ1) is 7.02. The Balaban J connectivity index is 0. The molecule has 86 valence electrons. The van der Waals surface area contributed by atoms with Crippen LogP contribution < -0.4 is 5.43 Å². The Bertz CT molecular complexity index is 414. The summed E-state index contributed by atoms with van der Waals surface area (Å²) in [5.74, 6) is 0.145. The predicted octanol–water partition coefficient (Wildman–Crippen LogP) is 0.452. The fraction of sp³-hybridized carbons (Fsp3) is 0.300. The third kappa shape index (κ3) is 6.92. The Morgan fingerprint density at radius 1 is 1.25 bits per heavy atom. The van der Waals surface area contributed by atoms with Crippen LogP contribution in [0.4, 0.5) is 0 Å². The first kappa shape index (κ1) is 17.9. The number of aromatic hydroxyl groups is 1. The van der Waals surface area contributed by atoms with Gasteiger partial charge in [-0.3, -0.25) is 4.79 Å². The van der Waals surface area contributed by atoms with Gasteiger partial charge in [-0.05, 0) is 23.6 Å². The Hall–Kier alpha value is -0.463. The Labute approximate surface area is 113 Å². The zero-order valence-electron chi connectivity index (χ0n) is 8.56. The summed E-state index contributed by atoms with van der Waals surface area (Å²) in [6.07, 6.45) is 0. The molecule has 0 saturated heterocycles. The zero-order valence-corrected chi connectivity index (χ0v) is 10.1. The first-order valence-electron chi connectivity index (χ1n) is 4.35. The van der Waals surface area contributed by atoms with Crippen molar-refractivity contribution in [1.29, 1.82) is 0 Å². The summed E-state index contributed by atoms with van der Waals surface area (Å²) in [6.45, 7) is 4.03. The maximum atomic E-state index is 10.9. The van der Waals surface area contributed by atoms with E-state index in [1.165, 1.54) is 12.1 Å². The quantitative estimate of drug-likeness (QED) is 0.755. The van der Waals surface area contributed by atoms with Gasteiger partial charge in [0.2, 0.25) is 5.43 Å². The van der Waals surface area contributed by atoms with Gasteiger partial charge in [0.25, 0.3) is 0 Å². The van der Waals surface area contributed by atoms with E-state index < -0.39 is 19.1 Å². The minimum absolute atomic E-state index is 0.